The average Bonchev–Trinajstić information content (AvgIpc) is 3.18. The molecule has 0 aliphatic carbocycles. The molecule has 7 heteroatoms. The van der Waals surface area contributed by atoms with Crippen molar-refractivity contribution in [2.45, 2.75) is 18.9 Å². The maximum Gasteiger partial charge on any atom is 0.348 e. The highest BCUT2D eigenvalue weighted by atomic mass is 16.6. The fraction of sp³-hybridized carbons (Fsp3) is 0.208. The molecule has 0 unspecified atom stereocenters. The number of pyridine rings is 1. The molecule has 7 nitrogen and oxygen atoms in total. The van der Waals surface area contributed by atoms with Crippen LogP contribution in [-0.2, 0) is 16.6 Å². The number of hydrogen-bond acceptors (Lipinski definition) is 6. The molecular formula is C24H19NO6. The molecule has 0 spiro atoms. The smallest absolute Gasteiger partial charge is 0.348 e. The largest absolute Gasteiger partial charge is 0.476 e. The number of benzene rings is 2. The molecular weight excluding hydrogens is 398 g/mol. The predicted molar refractivity (Wildman–Crippen MR) is 115 cm³/mol. The van der Waals surface area contributed by atoms with E-state index in [0.29, 0.717) is 11.0 Å². The van der Waals surface area contributed by atoms with Gasteiger partial charge in [-0.15, -0.1) is 0 Å². The first kappa shape index (κ1) is 19.1. The zero-order valence-corrected chi connectivity index (χ0v) is 17.0. The Balaban J connectivity index is 1.83. The van der Waals surface area contributed by atoms with Crippen molar-refractivity contribution in [3.8, 4) is 5.75 Å². The molecule has 3 heterocycles. The molecule has 0 saturated heterocycles. The number of hydrogen-bond donors (Lipinski definition) is 0. The zero-order valence-electron chi connectivity index (χ0n) is 17.0. The highest BCUT2D eigenvalue weighted by Gasteiger charge is 2.46. The Kier molecular flexibility index (Phi) is 4.39. The van der Waals surface area contributed by atoms with Gasteiger partial charge in [-0.2, -0.15) is 0 Å². The number of carbonyl (C=O) groups is 1. The standard InChI is InChI=1S/C24H19NO6/c1-3-29-24(28)21-18(15-12-13-8-4-6-10-16(13)25(2)22(15)26)19-20(31-21)14-9-5-7-11-17(14)30-23(19)27/h4-12,18,21H,3H2,1-2H3/t18-,21-/m1/s1. The zero-order chi connectivity index (χ0) is 21.7. The molecule has 2 atom stereocenters. The molecule has 0 amide bonds. The Bertz CT molecular complexity index is 1460. The van der Waals surface area contributed by atoms with Gasteiger partial charge < -0.3 is 18.5 Å². The lowest BCUT2D eigenvalue weighted by atomic mass is 9.88. The first-order valence-electron chi connectivity index (χ1n) is 9.99. The van der Waals surface area contributed by atoms with E-state index in [2.05, 4.69) is 0 Å². The molecule has 1 aliphatic rings. The van der Waals surface area contributed by atoms with Crippen molar-refractivity contribution in [1.82, 2.24) is 4.57 Å². The molecule has 1 aliphatic heterocycles. The molecule has 0 bridgehead atoms. The van der Waals surface area contributed by atoms with Crippen LogP contribution < -0.4 is 15.9 Å². The van der Waals surface area contributed by atoms with Crippen molar-refractivity contribution in [3.63, 3.8) is 0 Å². The van der Waals surface area contributed by atoms with Gasteiger partial charge in [-0.1, -0.05) is 30.3 Å². The van der Waals surface area contributed by atoms with E-state index in [0.717, 1.165) is 10.9 Å². The average molecular weight is 417 g/mol. The third-order valence-corrected chi connectivity index (χ3v) is 5.67. The highest BCUT2D eigenvalue weighted by molar-refractivity contribution is 5.89. The van der Waals surface area contributed by atoms with Crippen molar-refractivity contribution in [2.75, 3.05) is 6.61 Å². The van der Waals surface area contributed by atoms with Crippen LogP contribution in [0.4, 0.5) is 0 Å². The Hall–Kier alpha value is -3.87. The number of nitrogens with zero attached hydrogens (tertiary/aromatic N) is 1. The summed E-state index contributed by atoms with van der Waals surface area (Å²) >= 11 is 0. The minimum atomic E-state index is -1.17. The molecule has 0 saturated carbocycles. The summed E-state index contributed by atoms with van der Waals surface area (Å²) in [5.41, 5.74) is 0.571. The summed E-state index contributed by atoms with van der Waals surface area (Å²) < 4.78 is 18.2. The first-order chi connectivity index (χ1) is 15.0. The summed E-state index contributed by atoms with van der Waals surface area (Å²) in [6.07, 6.45) is -1.17. The summed E-state index contributed by atoms with van der Waals surface area (Å²) in [5, 5.41) is 1.37. The first-order valence-corrected chi connectivity index (χ1v) is 9.99. The molecule has 0 N–H and O–H groups in total. The van der Waals surface area contributed by atoms with Crippen LogP contribution in [0.15, 0.2) is 68.6 Å². The minimum Gasteiger partial charge on any atom is -0.476 e. The molecule has 4 aromatic rings. The molecule has 2 aromatic heterocycles. The van der Waals surface area contributed by atoms with Crippen molar-refractivity contribution in [1.29, 1.82) is 0 Å². The second kappa shape index (κ2) is 7.12. The van der Waals surface area contributed by atoms with Crippen molar-refractivity contribution in [3.05, 3.63) is 86.5 Å². The second-order valence-corrected chi connectivity index (χ2v) is 7.42. The minimum absolute atomic E-state index is 0.146. The van der Waals surface area contributed by atoms with Crippen LogP contribution in [0.5, 0.6) is 5.75 Å². The SMILES string of the molecule is CCOC(=O)[C@@H]1Oc2c(c(=O)oc3ccccc23)[C@H]1c1cc2ccccc2n(C)c1=O. The van der Waals surface area contributed by atoms with Gasteiger partial charge in [0.15, 0.2) is 0 Å². The van der Waals surface area contributed by atoms with Crippen LogP contribution in [-0.4, -0.2) is 23.2 Å². The number of para-hydroxylation sites is 2. The lowest BCUT2D eigenvalue weighted by Gasteiger charge is -2.18. The number of ether oxygens (including phenoxy) is 2. The van der Waals surface area contributed by atoms with Crippen molar-refractivity contribution < 1.29 is 18.7 Å². The number of carbonyl (C=O) groups excluding carboxylic acids is 1. The highest BCUT2D eigenvalue weighted by Crippen LogP contribution is 2.44. The summed E-state index contributed by atoms with van der Waals surface area (Å²) in [5.74, 6) is -1.33. The summed E-state index contributed by atoms with van der Waals surface area (Å²) in [6, 6.07) is 16.1. The quantitative estimate of drug-likeness (QED) is 0.376. The van der Waals surface area contributed by atoms with Crippen LogP contribution in [0.2, 0.25) is 0 Å². The number of aromatic nitrogens is 1. The van der Waals surface area contributed by atoms with E-state index in [1.54, 1.807) is 44.3 Å². The van der Waals surface area contributed by atoms with E-state index >= 15 is 0 Å². The van der Waals surface area contributed by atoms with Crippen LogP contribution >= 0.6 is 0 Å². The predicted octanol–water partition coefficient (Wildman–Crippen LogP) is 3.10. The van der Waals surface area contributed by atoms with E-state index in [1.165, 1.54) is 4.57 Å². The van der Waals surface area contributed by atoms with E-state index in [1.807, 2.05) is 24.3 Å². The van der Waals surface area contributed by atoms with Gasteiger partial charge in [0, 0.05) is 12.6 Å². The Morgan fingerprint density at radius 2 is 1.84 bits per heavy atom. The fourth-order valence-corrected chi connectivity index (χ4v) is 4.27. The number of fused-ring (bicyclic) bond motifs is 4. The van der Waals surface area contributed by atoms with E-state index in [-0.39, 0.29) is 29.0 Å². The lowest BCUT2D eigenvalue weighted by Crippen LogP contribution is -2.36. The maximum atomic E-state index is 13.3. The van der Waals surface area contributed by atoms with Crippen LogP contribution in [0.1, 0.15) is 24.0 Å². The van der Waals surface area contributed by atoms with Gasteiger partial charge in [0.2, 0.25) is 6.10 Å². The monoisotopic (exact) mass is 417 g/mol. The Morgan fingerprint density at radius 3 is 2.65 bits per heavy atom. The van der Waals surface area contributed by atoms with E-state index in [9.17, 15) is 14.4 Å². The van der Waals surface area contributed by atoms with Gasteiger partial charge in [-0.05, 0) is 36.6 Å². The lowest BCUT2D eigenvalue weighted by molar-refractivity contribution is -0.151. The van der Waals surface area contributed by atoms with Crippen molar-refractivity contribution >= 4 is 27.8 Å². The van der Waals surface area contributed by atoms with Gasteiger partial charge in [0.05, 0.1) is 29.0 Å². The van der Waals surface area contributed by atoms with Crippen LogP contribution in [0.25, 0.3) is 21.9 Å². The summed E-state index contributed by atoms with van der Waals surface area (Å²) in [4.78, 5) is 39.1. The third kappa shape index (κ3) is 2.84. The number of rotatable bonds is 3. The topological polar surface area (TPSA) is 87.7 Å². The van der Waals surface area contributed by atoms with Gasteiger partial charge in [-0.25, -0.2) is 9.59 Å². The third-order valence-electron chi connectivity index (χ3n) is 5.67. The van der Waals surface area contributed by atoms with E-state index in [4.69, 9.17) is 13.9 Å². The van der Waals surface area contributed by atoms with Crippen molar-refractivity contribution in [2.24, 2.45) is 7.05 Å². The molecule has 156 valence electrons. The Morgan fingerprint density at radius 1 is 1.10 bits per heavy atom. The molecule has 0 radical (unpaired) electrons. The normalized spacial score (nSPS) is 17.5. The van der Waals surface area contributed by atoms with Gasteiger partial charge >= 0.3 is 11.6 Å². The van der Waals surface area contributed by atoms with Crippen LogP contribution in [0, 0.1) is 0 Å². The summed E-state index contributed by atoms with van der Waals surface area (Å²) in [7, 11) is 1.66. The molecule has 31 heavy (non-hydrogen) atoms. The fourth-order valence-electron chi connectivity index (χ4n) is 4.27. The van der Waals surface area contributed by atoms with Gasteiger partial charge in [0.25, 0.3) is 5.56 Å². The Labute approximate surface area is 176 Å². The van der Waals surface area contributed by atoms with Gasteiger partial charge in [0.1, 0.15) is 11.3 Å². The molecule has 0 fully saturated rings. The summed E-state index contributed by atoms with van der Waals surface area (Å²) in [6.45, 7) is 1.83. The maximum absolute atomic E-state index is 13.3. The van der Waals surface area contributed by atoms with E-state index < -0.39 is 23.6 Å². The van der Waals surface area contributed by atoms with Crippen LogP contribution in [0.3, 0.4) is 0 Å². The number of aryl methyl sites for hydroxylation is 1. The molecule has 2 aromatic carbocycles. The number of esters is 1. The second-order valence-electron chi connectivity index (χ2n) is 7.42. The van der Waals surface area contributed by atoms with Gasteiger partial charge in [-0.3, -0.25) is 4.79 Å². The molecule has 5 rings (SSSR count).